The van der Waals surface area contributed by atoms with Crippen molar-refractivity contribution in [1.82, 2.24) is 15.5 Å². The van der Waals surface area contributed by atoms with Crippen molar-refractivity contribution < 1.29 is 4.74 Å². The SMILES string of the molecule is CCCCCC(C)NC(=NC)NCCN(CCOC)C1CC1. The van der Waals surface area contributed by atoms with Crippen LogP contribution < -0.4 is 10.6 Å². The first-order valence-corrected chi connectivity index (χ1v) is 8.91. The lowest BCUT2D eigenvalue weighted by Crippen LogP contribution is -2.45. The van der Waals surface area contributed by atoms with Crippen molar-refractivity contribution in [3.63, 3.8) is 0 Å². The second-order valence-electron chi connectivity index (χ2n) is 6.30. The molecule has 0 aromatic heterocycles. The molecule has 0 aromatic carbocycles. The first-order valence-electron chi connectivity index (χ1n) is 8.91. The molecule has 0 spiro atoms. The molecule has 1 aliphatic rings. The molecule has 22 heavy (non-hydrogen) atoms. The minimum absolute atomic E-state index is 0.478. The van der Waals surface area contributed by atoms with E-state index < -0.39 is 0 Å². The number of hydrogen-bond acceptors (Lipinski definition) is 3. The van der Waals surface area contributed by atoms with Crippen molar-refractivity contribution in [3.8, 4) is 0 Å². The van der Waals surface area contributed by atoms with Gasteiger partial charge < -0.3 is 15.4 Å². The Morgan fingerprint density at radius 2 is 2.09 bits per heavy atom. The van der Waals surface area contributed by atoms with Gasteiger partial charge in [-0.1, -0.05) is 26.2 Å². The van der Waals surface area contributed by atoms with Gasteiger partial charge in [0.1, 0.15) is 0 Å². The highest BCUT2D eigenvalue weighted by atomic mass is 16.5. The number of rotatable bonds is 12. The average Bonchev–Trinajstić information content (AvgIpc) is 3.34. The van der Waals surface area contributed by atoms with Gasteiger partial charge in [0.15, 0.2) is 5.96 Å². The number of methoxy groups -OCH3 is 1. The number of nitrogens with one attached hydrogen (secondary N) is 2. The molecule has 0 aliphatic heterocycles. The molecule has 5 heteroatoms. The minimum Gasteiger partial charge on any atom is -0.383 e. The topological polar surface area (TPSA) is 48.9 Å². The van der Waals surface area contributed by atoms with Crippen LogP contribution >= 0.6 is 0 Å². The zero-order valence-electron chi connectivity index (χ0n) is 15.0. The van der Waals surface area contributed by atoms with Crippen LogP contribution in [0, 0.1) is 0 Å². The molecule has 0 heterocycles. The Morgan fingerprint density at radius 1 is 1.32 bits per heavy atom. The van der Waals surface area contributed by atoms with Gasteiger partial charge in [-0.2, -0.15) is 0 Å². The van der Waals surface area contributed by atoms with Crippen LogP contribution in [0.2, 0.25) is 0 Å². The van der Waals surface area contributed by atoms with Gasteiger partial charge in [0.2, 0.25) is 0 Å². The molecule has 130 valence electrons. The maximum atomic E-state index is 5.20. The van der Waals surface area contributed by atoms with Crippen LogP contribution in [0.15, 0.2) is 4.99 Å². The zero-order valence-corrected chi connectivity index (χ0v) is 15.0. The summed E-state index contributed by atoms with van der Waals surface area (Å²) in [5, 5.41) is 6.92. The summed E-state index contributed by atoms with van der Waals surface area (Å²) in [6.07, 6.45) is 7.76. The van der Waals surface area contributed by atoms with E-state index >= 15 is 0 Å². The number of hydrogen-bond donors (Lipinski definition) is 2. The predicted octanol–water partition coefficient (Wildman–Crippen LogP) is 2.23. The average molecular weight is 313 g/mol. The first-order chi connectivity index (χ1) is 10.7. The fourth-order valence-electron chi connectivity index (χ4n) is 2.64. The molecule has 5 nitrogen and oxygen atoms in total. The zero-order chi connectivity index (χ0) is 16.2. The summed E-state index contributed by atoms with van der Waals surface area (Å²) >= 11 is 0. The third-order valence-electron chi connectivity index (χ3n) is 4.18. The summed E-state index contributed by atoms with van der Waals surface area (Å²) < 4.78 is 5.20. The molecule has 2 N–H and O–H groups in total. The summed E-state index contributed by atoms with van der Waals surface area (Å²) in [5.41, 5.74) is 0. The summed E-state index contributed by atoms with van der Waals surface area (Å²) in [4.78, 5) is 6.85. The Kier molecular flexibility index (Phi) is 10.2. The van der Waals surface area contributed by atoms with E-state index in [1.807, 2.05) is 7.05 Å². The number of unbranched alkanes of at least 4 members (excludes halogenated alkanes) is 2. The molecule has 0 bridgehead atoms. The van der Waals surface area contributed by atoms with E-state index in [0.29, 0.717) is 6.04 Å². The summed E-state index contributed by atoms with van der Waals surface area (Å²) in [5.74, 6) is 0.923. The monoisotopic (exact) mass is 312 g/mol. The molecule has 1 saturated carbocycles. The standard InChI is InChI=1S/C17H36N4O/c1-5-6-7-8-15(2)20-17(18-3)19-11-12-21(13-14-22-4)16-9-10-16/h15-16H,5-14H2,1-4H3,(H2,18,19,20). The normalized spacial score (nSPS) is 16.9. The van der Waals surface area contributed by atoms with Gasteiger partial charge in [-0.15, -0.1) is 0 Å². The first kappa shape index (κ1) is 19.2. The fraction of sp³-hybridized carbons (Fsp3) is 0.941. The van der Waals surface area contributed by atoms with Crippen molar-refractivity contribution in [1.29, 1.82) is 0 Å². The molecule has 0 saturated heterocycles. The molecular formula is C17H36N4O. The van der Waals surface area contributed by atoms with Crippen LogP contribution in [-0.2, 0) is 4.74 Å². The minimum atomic E-state index is 0.478. The van der Waals surface area contributed by atoms with Crippen LogP contribution in [0.1, 0.15) is 52.4 Å². The van der Waals surface area contributed by atoms with E-state index in [2.05, 4.69) is 34.4 Å². The van der Waals surface area contributed by atoms with Crippen molar-refractivity contribution in [2.24, 2.45) is 4.99 Å². The summed E-state index contributed by atoms with van der Waals surface area (Å²) in [6, 6.07) is 1.26. The number of ether oxygens (including phenoxy) is 1. The molecule has 0 aromatic rings. The second-order valence-corrected chi connectivity index (χ2v) is 6.30. The quantitative estimate of drug-likeness (QED) is 0.330. The Bertz CT molecular complexity index is 305. The largest absolute Gasteiger partial charge is 0.383 e. The second kappa shape index (κ2) is 11.7. The Balaban J connectivity index is 2.19. The van der Waals surface area contributed by atoms with Gasteiger partial charge >= 0.3 is 0 Å². The third-order valence-corrected chi connectivity index (χ3v) is 4.18. The smallest absolute Gasteiger partial charge is 0.191 e. The maximum Gasteiger partial charge on any atom is 0.191 e. The fourth-order valence-corrected chi connectivity index (χ4v) is 2.64. The van der Waals surface area contributed by atoms with Crippen molar-refractivity contribution >= 4 is 5.96 Å². The van der Waals surface area contributed by atoms with Crippen molar-refractivity contribution in [3.05, 3.63) is 0 Å². The molecule has 0 amide bonds. The Labute approximate surface area is 136 Å². The van der Waals surface area contributed by atoms with E-state index in [-0.39, 0.29) is 0 Å². The van der Waals surface area contributed by atoms with Gasteiger partial charge in [-0.25, -0.2) is 0 Å². The number of aliphatic imine (C=N–C) groups is 1. The third kappa shape index (κ3) is 8.59. The van der Waals surface area contributed by atoms with Gasteiger partial charge in [-0.05, 0) is 26.2 Å². The van der Waals surface area contributed by atoms with E-state index in [0.717, 1.165) is 38.2 Å². The molecule has 1 aliphatic carbocycles. The molecule has 1 fully saturated rings. The Hall–Kier alpha value is -0.810. The van der Waals surface area contributed by atoms with Crippen molar-refractivity contribution in [2.45, 2.75) is 64.5 Å². The van der Waals surface area contributed by atoms with Crippen LogP contribution in [0.3, 0.4) is 0 Å². The van der Waals surface area contributed by atoms with Crippen LogP contribution in [0.25, 0.3) is 0 Å². The van der Waals surface area contributed by atoms with Gasteiger partial charge in [0.05, 0.1) is 6.61 Å². The highest BCUT2D eigenvalue weighted by Crippen LogP contribution is 2.25. The summed E-state index contributed by atoms with van der Waals surface area (Å²) in [6.45, 7) is 8.31. The highest BCUT2D eigenvalue weighted by Gasteiger charge is 2.28. The molecule has 1 atom stereocenters. The number of guanidine groups is 1. The highest BCUT2D eigenvalue weighted by molar-refractivity contribution is 5.79. The molecule has 0 radical (unpaired) electrons. The maximum absolute atomic E-state index is 5.20. The summed E-state index contributed by atoms with van der Waals surface area (Å²) in [7, 11) is 3.62. The van der Waals surface area contributed by atoms with E-state index in [9.17, 15) is 0 Å². The lowest BCUT2D eigenvalue weighted by atomic mass is 10.1. The number of nitrogens with zero attached hydrogens (tertiary/aromatic N) is 2. The molecule has 1 unspecified atom stereocenters. The molecular weight excluding hydrogens is 276 g/mol. The van der Waals surface area contributed by atoms with Gasteiger partial charge in [0, 0.05) is 45.9 Å². The van der Waals surface area contributed by atoms with Gasteiger partial charge in [0.25, 0.3) is 0 Å². The van der Waals surface area contributed by atoms with E-state index in [1.165, 1.54) is 38.5 Å². The lowest BCUT2D eigenvalue weighted by molar-refractivity contribution is 0.144. The molecule has 1 rings (SSSR count). The van der Waals surface area contributed by atoms with Crippen LogP contribution in [0.4, 0.5) is 0 Å². The van der Waals surface area contributed by atoms with Crippen LogP contribution in [0.5, 0.6) is 0 Å². The van der Waals surface area contributed by atoms with E-state index in [1.54, 1.807) is 7.11 Å². The Morgan fingerprint density at radius 3 is 2.68 bits per heavy atom. The van der Waals surface area contributed by atoms with Crippen LogP contribution in [-0.4, -0.2) is 63.3 Å². The van der Waals surface area contributed by atoms with Gasteiger partial charge in [-0.3, -0.25) is 9.89 Å². The van der Waals surface area contributed by atoms with Crippen molar-refractivity contribution in [2.75, 3.05) is 40.4 Å². The van der Waals surface area contributed by atoms with E-state index in [4.69, 9.17) is 4.74 Å². The lowest BCUT2D eigenvalue weighted by Gasteiger charge is -2.23. The predicted molar refractivity (Wildman–Crippen MR) is 94.6 cm³/mol.